The topological polar surface area (TPSA) is 95.3 Å². The monoisotopic (exact) mass is 211 g/mol. The van der Waals surface area contributed by atoms with E-state index in [9.17, 15) is 4.79 Å². The zero-order chi connectivity index (χ0) is 11.5. The third-order valence-electron chi connectivity index (χ3n) is 1.72. The minimum Gasteiger partial charge on any atom is -0.476 e. The zero-order valence-corrected chi connectivity index (χ0v) is 8.56. The van der Waals surface area contributed by atoms with Gasteiger partial charge in [-0.1, -0.05) is 0 Å². The smallest absolute Gasteiger partial charge is 0.356 e. The predicted octanol–water partition coefficient (Wildman–Crippen LogP) is 0.358. The lowest BCUT2D eigenvalue weighted by molar-refractivity contribution is 0.0690. The zero-order valence-electron chi connectivity index (χ0n) is 8.56. The van der Waals surface area contributed by atoms with E-state index >= 15 is 0 Å². The number of rotatable bonds is 4. The van der Waals surface area contributed by atoms with Crippen molar-refractivity contribution in [3.8, 4) is 0 Å². The fourth-order valence-corrected chi connectivity index (χ4v) is 0.915. The quantitative estimate of drug-likeness (QED) is 0.665. The highest BCUT2D eigenvalue weighted by Gasteiger charge is 2.17. The van der Waals surface area contributed by atoms with Gasteiger partial charge >= 0.3 is 5.97 Å². The Kier molecular flexibility index (Phi) is 3.21. The van der Waals surface area contributed by atoms with Crippen molar-refractivity contribution in [1.29, 1.82) is 0 Å². The van der Waals surface area contributed by atoms with Crippen LogP contribution in [-0.4, -0.2) is 38.3 Å². The SMILES string of the molecule is CC(C)(CO)Nc1cncc(C(=O)O)n1. The predicted molar refractivity (Wildman–Crippen MR) is 53.8 cm³/mol. The van der Waals surface area contributed by atoms with Crippen LogP contribution in [0.5, 0.6) is 0 Å². The second kappa shape index (κ2) is 4.22. The van der Waals surface area contributed by atoms with Gasteiger partial charge < -0.3 is 15.5 Å². The summed E-state index contributed by atoms with van der Waals surface area (Å²) in [5, 5.41) is 20.6. The van der Waals surface area contributed by atoms with Crippen molar-refractivity contribution >= 4 is 11.8 Å². The van der Waals surface area contributed by atoms with Crippen molar-refractivity contribution < 1.29 is 15.0 Å². The molecule has 0 amide bonds. The summed E-state index contributed by atoms with van der Waals surface area (Å²) in [5.74, 6) is -0.804. The molecular formula is C9H13N3O3. The van der Waals surface area contributed by atoms with E-state index in [0.717, 1.165) is 0 Å². The number of anilines is 1. The van der Waals surface area contributed by atoms with Crippen LogP contribution in [0.3, 0.4) is 0 Å². The number of nitrogens with one attached hydrogen (secondary N) is 1. The molecule has 0 saturated carbocycles. The van der Waals surface area contributed by atoms with Gasteiger partial charge in [0.15, 0.2) is 5.69 Å². The number of hydrogen-bond acceptors (Lipinski definition) is 5. The van der Waals surface area contributed by atoms with E-state index in [1.54, 1.807) is 13.8 Å². The van der Waals surface area contributed by atoms with Crippen molar-refractivity contribution in [3.63, 3.8) is 0 Å². The third-order valence-corrected chi connectivity index (χ3v) is 1.72. The molecule has 0 unspecified atom stereocenters. The highest BCUT2D eigenvalue weighted by molar-refractivity contribution is 5.85. The molecule has 1 heterocycles. The van der Waals surface area contributed by atoms with E-state index in [1.165, 1.54) is 12.4 Å². The van der Waals surface area contributed by atoms with Gasteiger partial charge in [0.2, 0.25) is 0 Å². The van der Waals surface area contributed by atoms with Gasteiger partial charge in [-0.2, -0.15) is 0 Å². The van der Waals surface area contributed by atoms with Crippen molar-refractivity contribution in [3.05, 3.63) is 18.1 Å². The minimum absolute atomic E-state index is 0.0913. The molecule has 1 aromatic heterocycles. The van der Waals surface area contributed by atoms with Gasteiger partial charge in [-0.3, -0.25) is 4.98 Å². The summed E-state index contributed by atoms with van der Waals surface area (Å²) >= 11 is 0. The summed E-state index contributed by atoms with van der Waals surface area (Å²) in [6, 6.07) is 0. The standard InChI is InChI=1S/C9H13N3O3/c1-9(2,5-13)12-7-4-10-3-6(11-7)8(14)15/h3-4,13H,5H2,1-2H3,(H,11,12)(H,14,15). The first-order valence-corrected chi connectivity index (χ1v) is 4.39. The van der Waals surface area contributed by atoms with Gasteiger partial charge in [0, 0.05) is 0 Å². The Morgan fingerprint density at radius 1 is 1.53 bits per heavy atom. The molecule has 0 atom stereocenters. The Hall–Kier alpha value is -1.69. The van der Waals surface area contributed by atoms with E-state index in [1.807, 2.05) is 0 Å². The van der Waals surface area contributed by atoms with Crippen LogP contribution in [0.2, 0.25) is 0 Å². The summed E-state index contributed by atoms with van der Waals surface area (Å²) in [5.41, 5.74) is -0.694. The van der Waals surface area contributed by atoms with Crippen LogP contribution < -0.4 is 5.32 Å². The second-order valence-corrected chi connectivity index (χ2v) is 3.76. The number of carbonyl (C=O) groups is 1. The number of carboxylic acid groups (broad SMARTS) is 1. The van der Waals surface area contributed by atoms with E-state index in [4.69, 9.17) is 10.2 Å². The lowest BCUT2D eigenvalue weighted by Gasteiger charge is -2.23. The van der Waals surface area contributed by atoms with Gasteiger partial charge in [-0.05, 0) is 13.8 Å². The highest BCUT2D eigenvalue weighted by Crippen LogP contribution is 2.11. The van der Waals surface area contributed by atoms with Crippen LogP contribution >= 0.6 is 0 Å². The molecular weight excluding hydrogens is 198 g/mol. The van der Waals surface area contributed by atoms with Crippen LogP contribution in [0.4, 0.5) is 5.82 Å². The molecule has 0 radical (unpaired) electrons. The van der Waals surface area contributed by atoms with E-state index < -0.39 is 11.5 Å². The van der Waals surface area contributed by atoms with E-state index in [2.05, 4.69) is 15.3 Å². The second-order valence-electron chi connectivity index (χ2n) is 3.76. The molecule has 3 N–H and O–H groups in total. The molecule has 0 aliphatic carbocycles. The Labute approximate surface area is 87.0 Å². The highest BCUT2D eigenvalue weighted by atomic mass is 16.4. The third kappa shape index (κ3) is 3.17. The number of aromatic carboxylic acids is 1. The maximum atomic E-state index is 10.6. The van der Waals surface area contributed by atoms with E-state index in [0.29, 0.717) is 5.82 Å². The maximum absolute atomic E-state index is 10.6. The number of aliphatic hydroxyl groups excluding tert-OH is 1. The van der Waals surface area contributed by atoms with Gasteiger partial charge in [-0.15, -0.1) is 0 Å². The van der Waals surface area contributed by atoms with Crippen molar-refractivity contribution in [1.82, 2.24) is 9.97 Å². The largest absolute Gasteiger partial charge is 0.476 e. The number of carboxylic acids is 1. The van der Waals surface area contributed by atoms with Crippen LogP contribution in [0.15, 0.2) is 12.4 Å². The van der Waals surface area contributed by atoms with Crippen molar-refractivity contribution in [2.24, 2.45) is 0 Å². The van der Waals surface area contributed by atoms with Gasteiger partial charge in [-0.25, -0.2) is 9.78 Å². The summed E-state index contributed by atoms with van der Waals surface area (Å²) in [6.07, 6.45) is 2.57. The molecule has 0 spiro atoms. The Morgan fingerprint density at radius 3 is 2.73 bits per heavy atom. The first-order chi connectivity index (χ1) is 6.94. The fourth-order valence-electron chi connectivity index (χ4n) is 0.915. The number of nitrogens with zero attached hydrogens (tertiary/aromatic N) is 2. The molecule has 15 heavy (non-hydrogen) atoms. The Morgan fingerprint density at radius 2 is 2.20 bits per heavy atom. The number of aromatic nitrogens is 2. The molecule has 0 aromatic carbocycles. The molecule has 0 bridgehead atoms. The molecule has 0 saturated heterocycles. The molecule has 1 rings (SSSR count). The first-order valence-electron chi connectivity index (χ1n) is 4.39. The Bertz CT molecular complexity index is 365. The van der Waals surface area contributed by atoms with E-state index in [-0.39, 0.29) is 12.3 Å². The van der Waals surface area contributed by atoms with Gasteiger partial charge in [0.05, 0.1) is 24.5 Å². The lowest BCUT2D eigenvalue weighted by Crippen LogP contribution is -2.35. The van der Waals surface area contributed by atoms with Gasteiger partial charge in [0.1, 0.15) is 5.82 Å². The average molecular weight is 211 g/mol. The summed E-state index contributed by atoms with van der Waals surface area (Å²) in [6.45, 7) is 3.44. The van der Waals surface area contributed by atoms with Crippen LogP contribution in [0, 0.1) is 0 Å². The summed E-state index contributed by atoms with van der Waals surface area (Å²) < 4.78 is 0. The molecule has 6 heteroatoms. The van der Waals surface area contributed by atoms with Gasteiger partial charge in [0.25, 0.3) is 0 Å². The number of hydrogen-bond donors (Lipinski definition) is 3. The van der Waals surface area contributed by atoms with Crippen molar-refractivity contribution in [2.45, 2.75) is 19.4 Å². The number of aliphatic hydroxyl groups is 1. The molecule has 0 fully saturated rings. The fraction of sp³-hybridized carbons (Fsp3) is 0.444. The van der Waals surface area contributed by atoms with Crippen LogP contribution in [0.25, 0.3) is 0 Å². The summed E-state index contributed by atoms with van der Waals surface area (Å²) in [4.78, 5) is 18.2. The molecule has 0 aliphatic heterocycles. The molecule has 82 valence electrons. The molecule has 0 aliphatic rings. The van der Waals surface area contributed by atoms with Crippen molar-refractivity contribution in [2.75, 3.05) is 11.9 Å². The average Bonchev–Trinajstić information content (AvgIpc) is 2.17. The lowest BCUT2D eigenvalue weighted by atomic mass is 10.1. The maximum Gasteiger partial charge on any atom is 0.356 e. The normalized spacial score (nSPS) is 11.1. The van der Waals surface area contributed by atoms with Crippen LogP contribution in [0.1, 0.15) is 24.3 Å². The molecule has 6 nitrogen and oxygen atoms in total. The molecule has 1 aromatic rings. The first kappa shape index (κ1) is 11.4. The minimum atomic E-state index is -1.13. The summed E-state index contributed by atoms with van der Waals surface area (Å²) in [7, 11) is 0. The Balaban J connectivity index is 2.87. The van der Waals surface area contributed by atoms with Crippen LogP contribution in [-0.2, 0) is 0 Å².